The third kappa shape index (κ3) is 4.08. The smallest absolute Gasteiger partial charge is 0.237 e. The van der Waals surface area contributed by atoms with Crippen LogP contribution < -0.4 is 5.32 Å². The summed E-state index contributed by atoms with van der Waals surface area (Å²) in [5, 5.41) is 2.77. The van der Waals surface area contributed by atoms with Crippen molar-refractivity contribution in [1.82, 2.24) is 19.8 Å². The number of nitrogens with one attached hydrogen (secondary N) is 1. The largest absolute Gasteiger partial charge is 0.344 e. The van der Waals surface area contributed by atoms with Gasteiger partial charge in [-0.1, -0.05) is 5.92 Å². The number of aryl methyl sites for hydroxylation is 1. The van der Waals surface area contributed by atoms with Crippen molar-refractivity contribution in [2.75, 3.05) is 19.6 Å². The lowest BCUT2D eigenvalue weighted by Gasteiger charge is -2.36. The van der Waals surface area contributed by atoms with Crippen molar-refractivity contribution >= 4 is 5.91 Å². The summed E-state index contributed by atoms with van der Waals surface area (Å²) >= 11 is 0. The highest BCUT2D eigenvalue weighted by Gasteiger charge is 2.27. The van der Waals surface area contributed by atoms with E-state index in [-0.39, 0.29) is 11.9 Å². The van der Waals surface area contributed by atoms with Crippen molar-refractivity contribution in [1.29, 1.82) is 0 Å². The Morgan fingerprint density at radius 2 is 2.48 bits per heavy atom. The molecule has 5 heteroatoms. The van der Waals surface area contributed by atoms with Crippen LogP contribution in [0, 0.1) is 18.3 Å². The molecule has 0 unspecified atom stereocenters. The van der Waals surface area contributed by atoms with E-state index in [1.54, 1.807) is 0 Å². The highest BCUT2D eigenvalue weighted by atomic mass is 16.2. The van der Waals surface area contributed by atoms with Crippen molar-refractivity contribution < 1.29 is 4.79 Å². The van der Waals surface area contributed by atoms with E-state index in [1.165, 1.54) is 6.42 Å². The van der Waals surface area contributed by atoms with Gasteiger partial charge in [0.05, 0.1) is 12.6 Å². The summed E-state index contributed by atoms with van der Waals surface area (Å²) in [6, 6.07) is -0.123. The highest BCUT2D eigenvalue weighted by Crippen LogP contribution is 2.21. The zero-order valence-corrected chi connectivity index (χ0v) is 12.9. The van der Waals surface area contributed by atoms with E-state index in [4.69, 9.17) is 6.42 Å². The predicted octanol–water partition coefficient (Wildman–Crippen LogP) is 0.812. The van der Waals surface area contributed by atoms with Crippen LogP contribution in [0.25, 0.3) is 0 Å². The van der Waals surface area contributed by atoms with E-state index in [2.05, 4.69) is 25.7 Å². The zero-order chi connectivity index (χ0) is 15.2. The van der Waals surface area contributed by atoms with Crippen molar-refractivity contribution in [3.05, 3.63) is 18.2 Å². The van der Waals surface area contributed by atoms with E-state index in [9.17, 15) is 4.79 Å². The number of carbonyl (C=O) groups excluding carboxylic acids is 1. The highest BCUT2D eigenvalue weighted by molar-refractivity contribution is 5.81. The molecule has 1 aliphatic rings. The summed E-state index contributed by atoms with van der Waals surface area (Å²) in [6.07, 6.45) is 12.3. The average Bonchev–Trinajstić information content (AvgIpc) is 2.89. The molecule has 0 radical (unpaired) electrons. The van der Waals surface area contributed by atoms with Crippen molar-refractivity contribution in [3.8, 4) is 12.3 Å². The Morgan fingerprint density at radius 3 is 3.14 bits per heavy atom. The molecule has 1 N–H and O–H groups in total. The first-order valence-electron chi connectivity index (χ1n) is 7.53. The zero-order valence-electron chi connectivity index (χ0n) is 12.9. The molecule has 1 amide bonds. The fourth-order valence-corrected chi connectivity index (χ4v) is 2.92. The quantitative estimate of drug-likeness (QED) is 0.816. The molecule has 1 aliphatic heterocycles. The third-order valence-electron chi connectivity index (χ3n) is 4.23. The minimum atomic E-state index is -0.123. The van der Waals surface area contributed by atoms with E-state index in [0.29, 0.717) is 12.5 Å². The number of hydrogen-bond acceptors (Lipinski definition) is 3. The van der Waals surface area contributed by atoms with Crippen LogP contribution in [0.15, 0.2) is 12.4 Å². The molecule has 5 nitrogen and oxygen atoms in total. The first kappa shape index (κ1) is 15.6. The van der Waals surface area contributed by atoms with Crippen LogP contribution in [0.3, 0.4) is 0 Å². The van der Waals surface area contributed by atoms with E-state index >= 15 is 0 Å². The minimum absolute atomic E-state index is 0.0191. The normalized spacial score (nSPS) is 20.7. The van der Waals surface area contributed by atoms with Gasteiger partial charge in [-0.15, -0.1) is 6.42 Å². The molecule has 21 heavy (non-hydrogen) atoms. The van der Waals surface area contributed by atoms with Crippen molar-refractivity contribution in [2.24, 2.45) is 13.0 Å². The van der Waals surface area contributed by atoms with Crippen LogP contribution in [-0.4, -0.2) is 46.0 Å². The Kier molecular flexibility index (Phi) is 5.40. The monoisotopic (exact) mass is 288 g/mol. The molecule has 0 bridgehead atoms. The van der Waals surface area contributed by atoms with Crippen LogP contribution in [0.2, 0.25) is 0 Å². The molecule has 1 aromatic heterocycles. The summed E-state index contributed by atoms with van der Waals surface area (Å²) in [6.45, 7) is 4.17. The number of amides is 1. The molecule has 1 aromatic rings. The topological polar surface area (TPSA) is 50.2 Å². The molecule has 2 rings (SSSR count). The Bertz CT molecular complexity index is 517. The maximum Gasteiger partial charge on any atom is 0.237 e. The maximum absolute atomic E-state index is 12.0. The van der Waals surface area contributed by atoms with Crippen LogP contribution in [-0.2, 0) is 18.3 Å². The number of terminal acetylenes is 1. The van der Waals surface area contributed by atoms with Gasteiger partial charge < -0.3 is 9.88 Å². The molecule has 0 spiro atoms. The van der Waals surface area contributed by atoms with Gasteiger partial charge in [-0.05, 0) is 32.2 Å². The summed E-state index contributed by atoms with van der Waals surface area (Å²) in [7, 11) is 2.03. The van der Waals surface area contributed by atoms with Gasteiger partial charge >= 0.3 is 0 Å². The molecular weight excluding hydrogens is 264 g/mol. The number of nitrogens with zero attached hydrogens (tertiary/aromatic N) is 3. The van der Waals surface area contributed by atoms with Gasteiger partial charge in [-0.2, -0.15) is 0 Å². The van der Waals surface area contributed by atoms with Crippen LogP contribution in [0.1, 0.15) is 25.6 Å². The van der Waals surface area contributed by atoms with Gasteiger partial charge in [-0.25, -0.2) is 4.98 Å². The summed E-state index contributed by atoms with van der Waals surface area (Å²) in [5.41, 5.74) is 0. The number of rotatable bonds is 5. The van der Waals surface area contributed by atoms with Crippen LogP contribution in [0.5, 0.6) is 0 Å². The second-order valence-corrected chi connectivity index (χ2v) is 5.76. The molecule has 1 saturated heterocycles. The molecule has 0 aliphatic carbocycles. The Hall–Kier alpha value is -1.80. The average molecular weight is 288 g/mol. The molecule has 0 saturated carbocycles. The van der Waals surface area contributed by atoms with Gasteiger partial charge in [0, 0.05) is 32.4 Å². The van der Waals surface area contributed by atoms with Gasteiger partial charge in [0.15, 0.2) is 0 Å². The molecular formula is C16H24N4O. The molecule has 2 heterocycles. The number of carbonyl (C=O) groups is 1. The molecule has 114 valence electrons. The number of aromatic nitrogens is 2. The van der Waals surface area contributed by atoms with Gasteiger partial charge in [0.1, 0.15) is 5.82 Å². The second-order valence-electron chi connectivity index (χ2n) is 5.76. The first-order chi connectivity index (χ1) is 10.1. The lowest BCUT2D eigenvalue weighted by Crippen LogP contribution is -2.49. The van der Waals surface area contributed by atoms with Crippen LogP contribution in [0.4, 0.5) is 0 Å². The molecule has 2 atom stereocenters. The van der Waals surface area contributed by atoms with Crippen LogP contribution >= 0.6 is 0 Å². The number of imidazole rings is 1. The van der Waals surface area contributed by atoms with E-state index in [0.717, 1.165) is 31.8 Å². The predicted molar refractivity (Wildman–Crippen MR) is 82.5 cm³/mol. The first-order valence-corrected chi connectivity index (χ1v) is 7.53. The summed E-state index contributed by atoms with van der Waals surface area (Å²) in [4.78, 5) is 18.7. The Balaban J connectivity index is 1.90. The van der Waals surface area contributed by atoms with Gasteiger partial charge in [0.2, 0.25) is 5.91 Å². The Labute approximate surface area is 126 Å². The standard InChI is InChI=1S/C16H24N4O/c1-4-7-18-16(21)13(2)20-9-5-6-14(12-20)11-15-17-8-10-19(15)3/h1,8,10,13-14H,5-7,9,11-12H2,2-3H3,(H,18,21)/t13-,14-/m1/s1. The van der Waals surface area contributed by atoms with Gasteiger partial charge in [0.25, 0.3) is 0 Å². The lowest BCUT2D eigenvalue weighted by molar-refractivity contribution is -0.126. The Morgan fingerprint density at radius 1 is 1.67 bits per heavy atom. The SMILES string of the molecule is C#CCNC(=O)[C@@H](C)N1CCC[C@H](Cc2nccn2C)C1. The lowest BCUT2D eigenvalue weighted by atomic mass is 9.93. The molecule has 1 fully saturated rings. The second kappa shape index (κ2) is 7.28. The summed E-state index contributed by atoms with van der Waals surface area (Å²) in [5.74, 6) is 4.13. The number of likely N-dealkylation sites (tertiary alicyclic amines) is 1. The number of piperidine rings is 1. The number of hydrogen-bond donors (Lipinski definition) is 1. The fraction of sp³-hybridized carbons (Fsp3) is 0.625. The minimum Gasteiger partial charge on any atom is -0.344 e. The summed E-state index contributed by atoms with van der Waals surface area (Å²) < 4.78 is 2.07. The molecule has 0 aromatic carbocycles. The van der Waals surface area contributed by atoms with Crippen molar-refractivity contribution in [2.45, 2.75) is 32.2 Å². The fourth-order valence-electron chi connectivity index (χ4n) is 2.92. The van der Waals surface area contributed by atoms with E-state index in [1.807, 2.05) is 26.4 Å². The van der Waals surface area contributed by atoms with Crippen molar-refractivity contribution in [3.63, 3.8) is 0 Å². The maximum atomic E-state index is 12.0. The van der Waals surface area contributed by atoms with E-state index < -0.39 is 0 Å². The third-order valence-corrected chi connectivity index (χ3v) is 4.23. The van der Waals surface area contributed by atoms with Gasteiger partial charge in [-0.3, -0.25) is 9.69 Å².